The van der Waals surface area contributed by atoms with Gasteiger partial charge in [0.1, 0.15) is 11.5 Å². The molecule has 0 bridgehead atoms. The Morgan fingerprint density at radius 1 is 0.621 bits per heavy atom. The molecule has 8 nitrogen and oxygen atoms in total. The Kier molecular flexibility index (Phi) is 5.81. The van der Waals surface area contributed by atoms with Gasteiger partial charge in [-0.05, 0) is 36.4 Å². The van der Waals surface area contributed by atoms with Crippen molar-refractivity contribution in [1.82, 2.24) is 0 Å². The maximum atomic E-state index is 6.46. The standard InChI is InChI=1S/C18H19N5O3P3/c19-28(25-17-12-6-2-7-13-17)21-27(24-16-10-4-1-5-11-16)22-29(20,23-28)26-18-14-8-3-9-15-18/h1-15H,19-20H2/q+1. The number of nitrogens with zero attached hydrogens (tertiary/aromatic N) is 3. The Labute approximate surface area is 169 Å². The van der Waals surface area contributed by atoms with E-state index in [2.05, 4.69) is 13.5 Å². The molecule has 148 valence electrons. The van der Waals surface area contributed by atoms with Crippen LogP contribution in [0.25, 0.3) is 0 Å². The van der Waals surface area contributed by atoms with Gasteiger partial charge in [-0.2, -0.15) is 0 Å². The molecule has 3 aromatic rings. The van der Waals surface area contributed by atoms with Gasteiger partial charge >= 0.3 is 23.3 Å². The van der Waals surface area contributed by atoms with Crippen LogP contribution >= 0.6 is 23.3 Å². The van der Waals surface area contributed by atoms with Crippen molar-refractivity contribution in [3.63, 3.8) is 0 Å². The molecule has 3 unspecified atom stereocenters. The van der Waals surface area contributed by atoms with Crippen molar-refractivity contribution in [3.05, 3.63) is 91.0 Å². The molecule has 0 radical (unpaired) electrons. The van der Waals surface area contributed by atoms with E-state index in [-0.39, 0.29) is 0 Å². The first-order chi connectivity index (χ1) is 14.0. The molecule has 0 fully saturated rings. The lowest BCUT2D eigenvalue weighted by molar-refractivity contribution is 0.586. The van der Waals surface area contributed by atoms with Crippen molar-refractivity contribution in [2.45, 2.75) is 0 Å². The third-order valence-electron chi connectivity index (χ3n) is 3.56. The molecule has 0 aromatic heterocycles. The Hall–Kier alpha value is -2.46. The summed E-state index contributed by atoms with van der Waals surface area (Å²) >= 11 is 0. The van der Waals surface area contributed by atoms with Crippen molar-refractivity contribution >= 4 is 23.3 Å². The molecule has 1 heterocycles. The van der Waals surface area contributed by atoms with Gasteiger partial charge in [0.25, 0.3) is 0 Å². The van der Waals surface area contributed by atoms with E-state index in [9.17, 15) is 0 Å². The highest BCUT2D eigenvalue weighted by Gasteiger charge is 2.40. The van der Waals surface area contributed by atoms with Gasteiger partial charge in [-0.3, -0.25) is 0 Å². The van der Waals surface area contributed by atoms with Crippen LogP contribution in [0.1, 0.15) is 0 Å². The van der Waals surface area contributed by atoms with Crippen LogP contribution in [0.2, 0.25) is 0 Å². The van der Waals surface area contributed by atoms with E-state index in [1.54, 1.807) is 24.3 Å². The minimum Gasteiger partial charge on any atom is -0.429 e. The molecule has 4 rings (SSSR count). The number of hydrogen-bond donors (Lipinski definition) is 2. The van der Waals surface area contributed by atoms with Gasteiger partial charge in [-0.15, -0.1) is 4.52 Å². The Bertz CT molecular complexity index is 1080. The molecule has 0 aliphatic carbocycles. The fraction of sp³-hybridized carbons (Fsp3) is 0. The summed E-state index contributed by atoms with van der Waals surface area (Å²) < 4.78 is 31.2. The van der Waals surface area contributed by atoms with Crippen LogP contribution in [0.5, 0.6) is 17.2 Å². The summed E-state index contributed by atoms with van der Waals surface area (Å²) in [6.45, 7) is 0. The van der Waals surface area contributed by atoms with Gasteiger partial charge in [0.2, 0.25) is 0 Å². The van der Waals surface area contributed by atoms with E-state index < -0.39 is 23.3 Å². The molecule has 0 saturated carbocycles. The lowest BCUT2D eigenvalue weighted by atomic mass is 10.3. The maximum Gasteiger partial charge on any atom is 0.599 e. The van der Waals surface area contributed by atoms with E-state index >= 15 is 0 Å². The van der Waals surface area contributed by atoms with Gasteiger partial charge in [0.15, 0.2) is 5.75 Å². The molecule has 0 saturated heterocycles. The van der Waals surface area contributed by atoms with Crippen LogP contribution in [0.15, 0.2) is 105 Å². The largest absolute Gasteiger partial charge is 0.599 e. The summed E-state index contributed by atoms with van der Waals surface area (Å²) in [5.41, 5.74) is 12.9. The van der Waals surface area contributed by atoms with Crippen LogP contribution < -0.4 is 24.6 Å². The van der Waals surface area contributed by atoms with E-state index in [0.717, 1.165) is 0 Å². The molecule has 3 aromatic carbocycles. The van der Waals surface area contributed by atoms with E-state index in [4.69, 9.17) is 24.6 Å². The molecule has 0 amide bonds. The van der Waals surface area contributed by atoms with Gasteiger partial charge in [-0.1, -0.05) is 54.6 Å². The molecular formula is C18H19N5O3P3+. The van der Waals surface area contributed by atoms with Crippen LogP contribution in [0.4, 0.5) is 0 Å². The molecular weight excluding hydrogens is 427 g/mol. The summed E-state index contributed by atoms with van der Waals surface area (Å²) in [5, 5.41) is 0. The summed E-state index contributed by atoms with van der Waals surface area (Å²) in [5.74, 6) is 1.68. The predicted octanol–water partition coefficient (Wildman–Crippen LogP) is 6.54. The summed E-state index contributed by atoms with van der Waals surface area (Å²) in [7, 11) is -8.12. The Morgan fingerprint density at radius 2 is 1.07 bits per heavy atom. The minimum atomic E-state index is -3.18. The second-order valence-electron chi connectivity index (χ2n) is 5.91. The monoisotopic (exact) mass is 446 g/mol. The molecule has 0 spiro atoms. The average molecular weight is 446 g/mol. The smallest absolute Gasteiger partial charge is 0.429 e. The van der Waals surface area contributed by atoms with Crippen molar-refractivity contribution in [2.24, 2.45) is 24.6 Å². The number of hydrogen-bond acceptors (Lipinski definition) is 8. The normalized spacial score (nSPS) is 24.4. The van der Waals surface area contributed by atoms with Crippen LogP contribution in [0, 0.1) is 0 Å². The fourth-order valence-corrected chi connectivity index (χ4v) is 9.08. The topological polar surface area (TPSA) is 117 Å². The minimum absolute atomic E-state index is 0.540. The van der Waals surface area contributed by atoms with E-state index in [1.807, 2.05) is 66.7 Å². The quantitative estimate of drug-likeness (QED) is 0.417. The van der Waals surface area contributed by atoms with E-state index in [0.29, 0.717) is 17.2 Å². The number of benzene rings is 3. The van der Waals surface area contributed by atoms with Gasteiger partial charge in [-0.25, -0.2) is 15.5 Å². The first kappa shape index (κ1) is 19.8. The van der Waals surface area contributed by atoms with Crippen molar-refractivity contribution in [3.8, 4) is 17.2 Å². The zero-order valence-corrected chi connectivity index (χ0v) is 17.9. The average Bonchev–Trinajstić information content (AvgIpc) is 2.69. The molecule has 3 atom stereocenters. The molecule has 1 aliphatic rings. The molecule has 1 aliphatic heterocycles. The first-order valence-electron chi connectivity index (χ1n) is 8.61. The van der Waals surface area contributed by atoms with Crippen LogP contribution in [-0.4, -0.2) is 0 Å². The van der Waals surface area contributed by atoms with Gasteiger partial charge in [0.05, 0.1) is 9.03 Å². The number of rotatable bonds is 6. The first-order valence-corrected chi connectivity index (χ1v) is 13.1. The van der Waals surface area contributed by atoms with Crippen LogP contribution in [-0.2, 0) is 0 Å². The third-order valence-corrected chi connectivity index (χ3v) is 10.2. The molecule has 29 heavy (non-hydrogen) atoms. The van der Waals surface area contributed by atoms with Crippen LogP contribution in [0.3, 0.4) is 0 Å². The zero-order valence-electron chi connectivity index (χ0n) is 15.2. The summed E-state index contributed by atoms with van der Waals surface area (Å²) in [6, 6.07) is 27.4. The lowest BCUT2D eigenvalue weighted by Gasteiger charge is -2.20. The summed E-state index contributed by atoms with van der Waals surface area (Å²) in [6.07, 6.45) is 0. The maximum absolute atomic E-state index is 6.46. The van der Waals surface area contributed by atoms with Gasteiger partial charge in [0, 0.05) is 0 Å². The van der Waals surface area contributed by atoms with E-state index in [1.165, 1.54) is 0 Å². The zero-order chi connectivity index (χ0) is 20.2. The predicted molar refractivity (Wildman–Crippen MR) is 118 cm³/mol. The summed E-state index contributed by atoms with van der Waals surface area (Å²) in [4.78, 5) is 0. The second kappa shape index (κ2) is 8.50. The number of nitrogens with two attached hydrogens (primary N) is 2. The Morgan fingerprint density at radius 3 is 1.59 bits per heavy atom. The Balaban J connectivity index is 1.73. The molecule has 11 heteroatoms. The highest BCUT2D eigenvalue weighted by atomic mass is 31.3. The lowest BCUT2D eigenvalue weighted by Crippen LogP contribution is -2.08. The van der Waals surface area contributed by atoms with Gasteiger partial charge < -0.3 is 9.05 Å². The van der Waals surface area contributed by atoms with Crippen molar-refractivity contribution in [2.75, 3.05) is 0 Å². The third kappa shape index (κ3) is 5.33. The highest BCUT2D eigenvalue weighted by Crippen LogP contribution is 2.67. The second-order valence-corrected chi connectivity index (χ2v) is 11.5. The van der Waals surface area contributed by atoms with Crippen molar-refractivity contribution < 1.29 is 13.6 Å². The van der Waals surface area contributed by atoms with Crippen molar-refractivity contribution in [1.29, 1.82) is 0 Å². The molecule has 4 N–H and O–H groups in total. The SMILES string of the molecule is NP1(Oc2ccccc2)=N[P+](Oc2ccccc2)=NP(N)(Oc2ccccc2)=N1. The number of para-hydroxylation sites is 3. The highest BCUT2D eigenvalue weighted by molar-refractivity contribution is 7.77. The fourth-order valence-electron chi connectivity index (χ4n) is 2.41.